The molecule has 3 aliphatic rings. The van der Waals surface area contributed by atoms with Gasteiger partial charge in [0.05, 0.1) is 19.8 Å². The molecule has 1 amide bonds. The summed E-state index contributed by atoms with van der Waals surface area (Å²) in [4.78, 5) is 19.9. The molecule has 150 valence electrons. The van der Waals surface area contributed by atoms with Gasteiger partial charge in [0.1, 0.15) is 0 Å². The van der Waals surface area contributed by atoms with Crippen LogP contribution in [0.5, 0.6) is 0 Å². The maximum atomic E-state index is 13.6. The van der Waals surface area contributed by atoms with E-state index >= 15 is 0 Å². The molecule has 7 heteroatoms. The highest BCUT2D eigenvalue weighted by molar-refractivity contribution is 6.30. The number of hydrogen-bond acceptors (Lipinski definition) is 5. The molecule has 0 aromatic heterocycles. The summed E-state index contributed by atoms with van der Waals surface area (Å²) in [7, 11) is 0. The van der Waals surface area contributed by atoms with Crippen LogP contribution in [0.4, 0.5) is 0 Å². The zero-order valence-corrected chi connectivity index (χ0v) is 16.6. The van der Waals surface area contributed by atoms with E-state index in [2.05, 4.69) is 0 Å². The smallest absolute Gasteiger partial charge is 0.262 e. The van der Waals surface area contributed by atoms with Gasteiger partial charge in [-0.15, -0.1) is 0 Å². The molecule has 2 fully saturated rings. The standard InChI is InChI=1S/C22H22ClN3O3/c23-18-6-2-4-15(12-18)14-3-1-5-17(11-14)22(16-7-8-16)20(27)26(21(24)25-22)13-19-28-9-10-29-19/h1-6,11-12,16,19H,7-10,13H2,(H2,24,25). The van der Waals surface area contributed by atoms with Crippen LogP contribution < -0.4 is 5.73 Å². The maximum absolute atomic E-state index is 13.6. The Kier molecular flexibility index (Phi) is 4.57. The molecule has 1 aliphatic carbocycles. The van der Waals surface area contributed by atoms with Crippen LogP contribution in [-0.2, 0) is 19.8 Å². The number of carbonyl (C=O) groups is 1. The van der Waals surface area contributed by atoms with Crippen LogP contribution in [-0.4, -0.2) is 42.8 Å². The van der Waals surface area contributed by atoms with Gasteiger partial charge in [0.15, 0.2) is 17.8 Å². The van der Waals surface area contributed by atoms with Crippen molar-refractivity contribution in [2.45, 2.75) is 24.7 Å². The van der Waals surface area contributed by atoms with Crippen molar-refractivity contribution in [1.82, 2.24) is 4.90 Å². The van der Waals surface area contributed by atoms with Gasteiger partial charge < -0.3 is 15.2 Å². The van der Waals surface area contributed by atoms with Gasteiger partial charge >= 0.3 is 0 Å². The summed E-state index contributed by atoms with van der Waals surface area (Å²) < 4.78 is 11.0. The number of guanidine groups is 1. The van der Waals surface area contributed by atoms with Gasteiger partial charge in [0, 0.05) is 5.02 Å². The molecule has 2 aromatic rings. The molecule has 0 bridgehead atoms. The number of halogens is 1. The number of benzene rings is 2. The van der Waals surface area contributed by atoms with Crippen molar-refractivity contribution in [1.29, 1.82) is 0 Å². The Morgan fingerprint density at radius 1 is 1.10 bits per heavy atom. The highest BCUT2D eigenvalue weighted by atomic mass is 35.5. The van der Waals surface area contributed by atoms with Gasteiger partial charge in [-0.05, 0) is 53.6 Å². The summed E-state index contributed by atoms with van der Waals surface area (Å²) in [6.07, 6.45) is 1.45. The number of rotatable bonds is 5. The predicted molar refractivity (Wildman–Crippen MR) is 110 cm³/mol. The normalized spacial score (nSPS) is 24.9. The average molecular weight is 412 g/mol. The molecule has 1 saturated heterocycles. The van der Waals surface area contributed by atoms with Crippen molar-refractivity contribution in [3.8, 4) is 11.1 Å². The van der Waals surface area contributed by atoms with Gasteiger partial charge in [0.25, 0.3) is 5.91 Å². The number of ether oxygens (including phenoxy) is 2. The van der Waals surface area contributed by atoms with E-state index in [1.807, 2.05) is 48.5 Å². The third kappa shape index (κ3) is 3.21. The van der Waals surface area contributed by atoms with E-state index in [0.717, 1.165) is 29.5 Å². The van der Waals surface area contributed by atoms with Crippen LogP contribution in [0.2, 0.25) is 5.02 Å². The molecule has 0 spiro atoms. The molecule has 29 heavy (non-hydrogen) atoms. The lowest BCUT2D eigenvalue weighted by Crippen LogP contribution is -2.47. The van der Waals surface area contributed by atoms with Crippen molar-refractivity contribution < 1.29 is 14.3 Å². The molecular weight excluding hydrogens is 390 g/mol. The molecule has 2 aliphatic heterocycles. The number of nitrogens with two attached hydrogens (primary N) is 1. The van der Waals surface area contributed by atoms with Crippen LogP contribution in [0.3, 0.4) is 0 Å². The lowest BCUT2D eigenvalue weighted by molar-refractivity contribution is -0.136. The van der Waals surface area contributed by atoms with Crippen LogP contribution in [0.15, 0.2) is 53.5 Å². The molecule has 1 saturated carbocycles. The Bertz CT molecular complexity index is 985. The van der Waals surface area contributed by atoms with Crippen molar-refractivity contribution >= 4 is 23.5 Å². The minimum absolute atomic E-state index is 0.0974. The second-order valence-corrected chi connectivity index (χ2v) is 8.13. The quantitative estimate of drug-likeness (QED) is 0.819. The average Bonchev–Trinajstić information content (AvgIpc) is 3.39. The first-order chi connectivity index (χ1) is 14.1. The Morgan fingerprint density at radius 3 is 2.48 bits per heavy atom. The highest BCUT2D eigenvalue weighted by Crippen LogP contribution is 2.52. The number of amides is 1. The molecule has 0 radical (unpaired) electrons. The molecule has 5 rings (SSSR count). The van der Waals surface area contributed by atoms with Gasteiger partial charge in [-0.1, -0.05) is 41.9 Å². The van der Waals surface area contributed by atoms with E-state index in [1.54, 1.807) is 0 Å². The van der Waals surface area contributed by atoms with Crippen molar-refractivity contribution in [2.24, 2.45) is 16.6 Å². The van der Waals surface area contributed by atoms with E-state index < -0.39 is 11.8 Å². The summed E-state index contributed by atoms with van der Waals surface area (Å²) in [5, 5.41) is 0.673. The first-order valence-electron chi connectivity index (χ1n) is 9.85. The summed E-state index contributed by atoms with van der Waals surface area (Å²) in [6, 6.07) is 15.7. The van der Waals surface area contributed by atoms with Crippen molar-refractivity contribution in [3.63, 3.8) is 0 Å². The van der Waals surface area contributed by atoms with Crippen LogP contribution in [0.1, 0.15) is 18.4 Å². The predicted octanol–water partition coefficient (Wildman–Crippen LogP) is 3.14. The van der Waals surface area contributed by atoms with Gasteiger partial charge in [-0.25, -0.2) is 4.99 Å². The SMILES string of the molecule is NC1=NC(c2cccc(-c3cccc(Cl)c3)c2)(C2CC2)C(=O)N1CC1OCCO1. The van der Waals surface area contributed by atoms with E-state index in [1.165, 1.54) is 4.90 Å². The van der Waals surface area contributed by atoms with Gasteiger partial charge in [-0.3, -0.25) is 9.69 Å². The second kappa shape index (κ2) is 7.13. The van der Waals surface area contributed by atoms with E-state index in [9.17, 15) is 4.79 Å². The topological polar surface area (TPSA) is 77.2 Å². The maximum Gasteiger partial charge on any atom is 0.262 e. The minimum atomic E-state index is -0.975. The van der Waals surface area contributed by atoms with E-state index in [4.69, 9.17) is 31.8 Å². The molecule has 2 aromatic carbocycles. The largest absolute Gasteiger partial charge is 0.369 e. The number of nitrogens with zero attached hydrogens (tertiary/aromatic N) is 2. The summed E-state index contributed by atoms with van der Waals surface area (Å²) in [5.74, 6) is 0.285. The molecule has 1 atom stereocenters. The lowest BCUT2D eigenvalue weighted by atomic mass is 9.83. The molecule has 2 heterocycles. The summed E-state index contributed by atoms with van der Waals surface area (Å²) in [6.45, 7) is 1.31. The summed E-state index contributed by atoms with van der Waals surface area (Å²) in [5.41, 5.74) is 8.10. The molecule has 6 nitrogen and oxygen atoms in total. The number of hydrogen-bond donors (Lipinski definition) is 1. The fourth-order valence-corrected chi connectivity index (χ4v) is 4.42. The molecular formula is C22H22ClN3O3. The zero-order chi connectivity index (χ0) is 20.0. The van der Waals surface area contributed by atoms with Crippen molar-refractivity contribution in [3.05, 3.63) is 59.1 Å². The summed E-state index contributed by atoms with van der Waals surface area (Å²) >= 11 is 6.17. The van der Waals surface area contributed by atoms with Crippen molar-refractivity contribution in [2.75, 3.05) is 19.8 Å². The van der Waals surface area contributed by atoms with Crippen LogP contribution >= 0.6 is 11.6 Å². The molecule has 1 unspecified atom stereocenters. The van der Waals surface area contributed by atoms with E-state index in [-0.39, 0.29) is 24.3 Å². The fraction of sp³-hybridized carbons (Fsp3) is 0.364. The van der Waals surface area contributed by atoms with E-state index in [0.29, 0.717) is 18.2 Å². The first kappa shape index (κ1) is 18.6. The Balaban J connectivity index is 1.52. The zero-order valence-electron chi connectivity index (χ0n) is 15.9. The Morgan fingerprint density at radius 2 is 1.79 bits per heavy atom. The Labute approximate surface area is 174 Å². The van der Waals surface area contributed by atoms with Gasteiger partial charge in [-0.2, -0.15) is 0 Å². The van der Waals surface area contributed by atoms with Crippen LogP contribution in [0.25, 0.3) is 11.1 Å². The second-order valence-electron chi connectivity index (χ2n) is 7.69. The fourth-order valence-electron chi connectivity index (χ4n) is 4.23. The van der Waals surface area contributed by atoms with Gasteiger partial charge in [0.2, 0.25) is 0 Å². The van der Waals surface area contributed by atoms with Crippen LogP contribution in [0, 0.1) is 5.92 Å². The number of aliphatic imine (C=N–C) groups is 1. The highest BCUT2D eigenvalue weighted by Gasteiger charge is 2.58. The third-order valence-electron chi connectivity index (χ3n) is 5.79. The number of carbonyl (C=O) groups excluding carboxylic acids is 1. The minimum Gasteiger partial charge on any atom is -0.369 e. The first-order valence-corrected chi connectivity index (χ1v) is 10.2. The third-order valence-corrected chi connectivity index (χ3v) is 6.03. The Hall–Kier alpha value is -2.41. The lowest BCUT2D eigenvalue weighted by Gasteiger charge is -2.27. The monoisotopic (exact) mass is 411 g/mol. The molecule has 2 N–H and O–H groups in total.